The topological polar surface area (TPSA) is 179 Å². The van der Waals surface area contributed by atoms with E-state index in [1.807, 2.05) is 12.1 Å². The molecule has 1 aromatic carbocycles. The third kappa shape index (κ3) is 6.34. The van der Waals surface area contributed by atoms with Crippen LogP contribution >= 0.6 is 11.8 Å². The number of amides is 2. The van der Waals surface area contributed by atoms with Crippen LogP contribution in [0.3, 0.4) is 0 Å². The molecule has 204 valence electrons. The molecule has 0 spiro atoms. The highest BCUT2D eigenvalue weighted by molar-refractivity contribution is 8.15. The van der Waals surface area contributed by atoms with E-state index in [4.69, 9.17) is 14.3 Å². The second kappa shape index (κ2) is 12.0. The first-order valence-corrected chi connectivity index (χ1v) is 12.6. The van der Waals surface area contributed by atoms with Crippen molar-refractivity contribution in [2.45, 2.75) is 42.4 Å². The second-order valence-corrected chi connectivity index (χ2v) is 9.90. The molecular formula is C24H28N3O10S+. The molecule has 4 rings (SSSR count). The Morgan fingerprint density at radius 2 is 1.84 bits per heavy atom. The van der Waals surface area contributed by atoms with Crippen LogP contribution in [-0.4, -0.2) is 93.7 Å². The third-order valence-corrected chi connectivity index (χ3v) is 7.01. The number of anilines is 1. The molecule has 2 aliphatic heterocycles. The first-order chi connectivity index (χ1) is 18.1. The number of carboxylic acids is 1. The summed E-state index contributed by atoms with van der Waals surface area (Å²) in [7, 11) is 1.77. The van der Waals surface area contributed by atoms with Crippen LogP contribution in [0.5, 0.6) is 5.75 Å². The Morgan fingerprint density at radius 3 is 2.50 bits per heavy atom. The smallest absolute Gasteiger partial charge is 0.335 e. The van der Waals surface area contributed by atoms with Crippen LogP contribution in [0.1, 0.15) is 5.56 Å². The van der Waals surface area contributed by atoms with Gasteiger partial charge in [-0.05, 0) is 34.9 Å². The zero-order valence-corrected chi connectivity index (χ0v) is 21.1. The normalized spacial score (nSPS) is 27.1. The number of likely N-dealkylation sites (N-methyl/N-ethyl adjacent to an activating group) is 1. The van der Waals surface area contributed by atoms with Crippen molar-refractivity contribution in [3.8, 4) is 5.75 Å². The highest BCUT2D eigenvalue weighted by Crippen LogP contribution is 2.24. The number of imide groups is 1. The lowest BCUT2D eigenvalue weighted by molar-refractivity contribution is -0.899. The Kier molecular flexibility index (Phi) is 8.69. The van der Waals surface area contributed by atoms with Crippen LogP contribution in [0, 0.1) is 0 Å². The number of aliphatic carboxylic acids is 1. The van der Waals surface area contributed by atoms with Gasteiger partial charge in [-0.3, -0.25) is 19.8 Å². The van der Waals surface area contributed by atoms with E-state index in [2.05, 4.69) is 5.32 Å². The molecule has 5 N–H and O–H groups in total. The van der Waals surface area contributed by atoms with Gasteiger partial charge in [-0.1, -0.05) is 30.0 Å². The number of carboxylic acid groups (broad SMARTS) is 1. The highest BCUT2D eigenvalue weighted by atomic mass is 32.2. The average molecular weight is 551 g/mol. The minimum Gasteiger partial charge on any atom is -0.490 e. The van der Waals surface area contributed by atoms with Crippen LogP contribution in [0.2, 0.25) is 0 Å². The monoisotopic (exact) mass is 550 g/mol. The summed E-state index contributed by atoms with van der Waals surface area (Å²) in [6, 6.07) is 12.3. The summed E-state index contributed by atoms with van der Waals surface area (Å²) < 4.78 is 12.3. The van der Waals surface area contributed by atoms with Gasteiger partial charge in [-0.2, -0.15) is 0 Å². The Bertz CT molecular complexity index is 1170. The minimum atomic E-state index is -1.82. The van der Waals surface area contributed by atoms with E-state index in [1.54, 1.807) is 42.3 Å². The number of aliphatic hydroxyl groups excluding tert-OH is 3. The third-order valence-electron chi connectivity index (χ3n) is 6.03. The second-order valence-electron chi connectivity index (χ2n) is 8.73. The maximum atomic E-state index is 11.7. The van der Waals surface area contributed by atoms with Crippen LogP contribution in [0.25, 0.3) is 0 Å². The maximum absolute atomic E-state index is 11.7. The Hall–Kier alpha value is -3.43. The van der Waals surface area contributed by atoms with Crippen molar-refractivity contribution >= 4 is 34.7 Å². The van der Waals surface area contributed by atoms with Gasteiger partial charge in [0.05, 0.1) is 12.3 Å². The van der Waals surface area contributed by atoms with E-state index in [0.717, 1.165) is 17.3 Å². The van der Waals surface area contributed by atoms with Crippen molar-refractivity contribution in [2.75, 3.05) is 25.1 Å². The predicted octanol–water partition coefficient (Wildman–Crippen LogP) is -1.30. The summed E-state index contributed by atoms with van der Waals surface area (Å²) in [6.45, 7) is 0.692. The number of pyridine rings is 1. The number of carbonyl (C=O) groups is 3. The lowest BCUT2D eigenvalue weighted by Crippen LogP contribution is -2.66. The van der Waals surface area contributed by atoms with E-state index in [9.17, 15) is 34.8 Å². The van der Waals surface area contributed by atoms with Crippen molar-refractivity contribution < 1.29 is 53.9 Å². The number of carbonyl (C=O) groups excluding carboxylic acids is 2. The molecule has 2 amide bonds. The largest absolute Gasteiger partial charge is 0.490 e. The highest BCUT2D eigenvalue weighted by Gasteiger charge is 2.49. The van der Waals surface area contributed by atoms with Crippen LogP contribution < -0.4 is 24.5 Å². The van der Waals surface area contributed by atoms with Gasteiger partial charge in [0, 0.05) is 6.07 Å². The van der Waals surface area contributed by atoms with Gasteiger partial charge in [0.15, 0.2) is 6.10 Å². The molecule has 0 bridgehead atoms. The van der Waals surface area contributed by atoms with Gasteiger partial charge in [0.25, 0.3) is 11.5 Å². The molecule has 0 radical (unpaired) electrons. The fourth-order valence-corrected chi connectivity index (χ4v) is 4.79. The molecular weight excluding hydrogens is 522 g/mol. The Labute approximate surface area is 221 Å². The van der Waals surface area contributed by atoms with E-state index in [0.29, 0.717) is 24.5 Å². The van der Waals surface area contributed by atoms with E-state index < -0.39 is 41.9 Å². The number of nitrogens with zero attached hydrogens (tertiary/aromatic N) is 2. The quantitative estimate of drug-likeness (QED) is 0.221. The van der Waals surface area contributed by atoms with E-state index in [1.165, 1.54) is 10.9 Å². The van der Waals surface area contributed by atoms with E-state index >= 15 is 0 Å². The summed E-state index contributed by atoms with van der Waals surface area (Å²) in [5.74, 6) is -0.664. The zero-order chi connectivity index (χ0) is 27.4. The Balaban J connectivity index is 1.32. The van der Waals surface area contributed by atoms with Crippen molar-refractivity contribution in [1.29, 1.82) is 0 Å². The molecule has 2 aliphatic rings. The van der Waals surface area contributed by atoms with Gasteiger partial charge in [0.2, 0.25) is 5.91 Å². The summed E-state index contributed by atoms with van der Waals surface area (Å²) in [6.07, 6.45) is -6.68. The molecule has 0 saturated carbocycles. The number of aromatic nitrogens is 1. The lowest BCUT2D eigenvalue weighted by atomic mass is 9.99. The number of rotatable bonds is 10. The molecule has 6 atom stereocenters. The number of aliphatic hydroxyl groups is 3. The standard InChI is InChI=1S/C24H27N3O10S/c1-26(10-11-35-14-7-5-13(6-8-14)12-15-21(31)25-24(34)38-15)16-4-2-3-9-27(16)37-23-19(30)17(28)18(29)20(36-23)22(32)33/h2-9,15,17-20,23,28-30H,10-12H2,1H3,(H-,25,31,32,33,34)/p+1. The van der Waals surface area contributed by atoms with Crippen molar-refractivity contribution in [2.24, 2.45) is 0 Å². The molecule has 38 heavy (non-hydrogen) atoms. The molecule has 6 unspecified atom stereocenters. The molecule has 3 heterocycles. The van der Waals surface area contributed by atoms with Crippen LogP contribution in [-0.2, 0) is 20.7 Å². The molecule has 2 fully saturated rings. The van der Waals surface area contributed by atoms with Crippen LogP contribution in [0.4, 0.5) is 10.6 Å². The SMILES string of the molecule is CN(CCOc1ccc(CC2SC(=O)NC2=O)cc1)c1cccc[n+]1OC1OC(C(=O)O)C(O)C(O)C1O. The van der Waals surface area contributed by atoms with Gasteiger partial charge >= 0.3 is 11.8 Å². The number of hydrogen-bond donors (Lipinski definition) is 5. The minimum absolute atomic E-state index is 0.286. The van der Waals surface area contributed by atoms with Crippen LogP contribution in [0.15, 0.2) is 48.7 Å². The molecule has 14 heteroatoms. The van der Waals surface area contributed by atoms with Gasteiger partial charge < -0.3 is 34.7 Å². The summed E-state index contributed by atoms with van der Waals surface area (Å²) in [5, 5.41) is 40.9. The number of thioether (sulfide) groups is 1. The molecule has 1 aromatic heterocycles. The van der Waals surface area contributed by atoms with Gasteiger partial charge in [-0.25, -0.2) is 4.79 Å². The predicted molar refractivity (Wildman–Crippen MR) is 131 cm³/mol. The summed E-state index contributed by atoms with van der Waals surface area (Å²) in [4.78, 5) is 41.8. The average Bonchev–Trinajstić information content (AvgIpc) is 3.21. The van der Waals surface area contributed by atoms with Crippen molar-refractivity contribution in [1.82, 2.24) is 5.32 Å². The fraction of sp³-hybridized carbons (Fsp3) is 0.417. The summed E-state index contributed by atoms with van der Waals surface area (Å²) >= 11 is 0.981. The zero-order valence-electron chi connectivity index (χ0n) is 20.2. The fourth-order valence-electron chi connectivity index (χ4n) is 3.93. The number of benzene rings is 1. The van der Waals surface area contributed by atoms with Gasteiger partial charge in [-0.15, -0.1) is 0 Å². The van der Waals surface area contributed by atoms with Gasteiger partial charge in [0.1, 0.15) is 43.4 Å². The molecule has 2 aromatic rings. The number of ether oxygens (including phenoxy) is 2. The number of nitrogens with one attached hydrogen (secondary N) is 1. The molecule has 0 aliphatic carbocycles. The molecule has 13 nitrogen and oxygen atoms in total. The van der Waals surface area contributed by atoms with Crippen molar-refractivity contribution in [3.05, 3.63) is 54.2 Å². The number of hydrogen-bond acceptors (Lipinski definition) is 11. The summed E-state index contributed by atoms with van der Waals surface area (Å²) in [5.41, 5.74) is 0.897. The van der Waals surface area contributed by atoms with Crippen molar-refractivity contribution in [3.63, 3.8) is 0 Å². The van der Waals surface area contributed by atoms with E-state index in [-0.39, 0.29) is 17.8 Å². The molecule has 2 saturated heterocycles. The lowest BCUT2D eigenvalue weighted by Gasteiger charge is -2.37. The Morgan fingerprint density at radius 1 is 1.11 bits per heavy atom. The maximum Gasteiger partial charge on any atom is 0.335 e. The first kappa shape index (κ1) is 27.6. The first-order valence-electron chi connectivity index (χ1n) is 11.7.